The molecule has 3 heterocycles. The van der Waals surface area contributed by atoms with Gasteiger partial charge in [0.1, 0.15) is 11.6 Å². The van der Waals surface area contributed by atoms with Crippen LogP contribution in [0.4, 0.5) is 23.2 Å². The van der Waals surface area contributed by atoms with Crippen molar-refractivity contribution in [1.82, 2.24) is 25.1 Å². The van der Waals surface area contributed by atoms with E-state index in [0.29, 0.717) is 5.69 Å². The molecule has 0 bridgehead atoms. The predicted molar refractivity (Wildman–Crippen MR) is 115 cm³/mol. The van der Waals surface area contributed by atoms with Crippen molar-refractivity contribution in [3.8, 4) is 22.7 Å². The van der Waals surface area contributed by atoms with Crippen molar-refractivity contribution in [1.29, 1.82) is 0 Å². The largest absolute Gasteiger partial charge is 0.415 e. The van der Waals surface area contributed by atoms with Gasteiger partial charge in [-0.15, -0.1) is 10.2 Å². The number of benzene rings is 2. The Labute approximate surface area is 190 Å². The number of hydrogen-bond acceptors (Lipinski definition) is 7. The van der Waals surface area contributed by atoms with Gasteiger partial charge in [0, 0.05) is 29.6 Å². The number of hydrogen-bond donors (Lipinski definition) is 2. The molecule has 0 saturated heterocycles. The van der Waals surface area contributed by atoms with Gasteiger partial charge in [-0.25, -0.2) is 13.8 Å². The molecule has 2 aromatic heterocycles. The quantitative estimate of drug-likeness (QED) is 0.409. The van der Waals surface area contributed by atoms with Gasteiger partial charge in [-0.05, 0) is 24.3 Å². The number of aliphatic imine (C=N–C) groups is 1. The van der Waals surface area contributed by atoms with Crippen molar-refractivity contribution in [2.75, 3.05) is 18.4 Å². The maximum atomic E-state index is 14.6. The minimum Gasteiger partial charge on any atom is -0.415 e. The molecule has 4 aromatic rings. The van der Waals surface area contributed by atoms with Crippen LogP contribution in [0.25, 0.3) is 22.7 Å². The van der Waals surface area contributed by atoms with Gasteiger partial charge < -0.3 is 19.6 Å². The number of alkyl halides is 2. The molecule has 0 radical (unpaired) electrons. The third kappa shape index (κ3) is 4.47. The first-order chi connectivity index (χ1) is 16.5. The van der Waals surface area contributed by atoms with Crippen LogP contribution in [0.2, 0.25) is 0 Å². The fourth-order valence-corrected chi connectivity index (χ4v) is 3.44. The van der Waals surface area contributed by atoms with Crippen LogP contribution in [0.15, 0.2) is 58.3 Å². The molecule has 1 aliphatic rings. The molecule has 2 aromatic carbocycles. The summed E-state index contributed by atoms with van der Waals surface area (Å²) < 4.78 is 60.8. The summed E-state index contributed by atoms with van der Waals surface area (Å²) in [6, 6.07) is 9.37. The molecule has 34 heavy (non-hydrogen) atoms. The number of aromatic nitrogens is 4. The molecule has 0 spiro atoms. The third-order valence-electron chi connectivity index (χ3n) is 5.10. The summed E-state index contributed by atoms with van der Waals surface area (Å²) in [6.07, 6.45) is 0.218. The van der Waals surface area contributed by atoms with E-state index in [4.69, 9.17) is 4.42 Å². The van der Waals surface area contributed by atoms with Crippen molar-refractivity contribution >= 4 is 11.6 Å². The van der Waals surface area contributed by atoms with E-state index in [2.05, 4.69) is 30.8 Å². The summed E-state index contributed by atoms with van der Waals surface area (Å²) in [5.41, 5.74) is 2.03. The highest BCUT2D eigenvalue weighted by molar-refractivity contribution is 5.94. The standard InChI is InChI=1S/C22H17F4N7O/c23-16-8-15(20-31-32-21(34-20)19(25)26)17(24)7-13(16)9-33-10-18(29-11-33)12-1-3-14(4-2-12)30-22-27-5-6-28-22/h1-4,7-8,10-11,19H,5-6,9H2,(H2,27,28,30). The van der Waals surface area contributed by atoms with Crippen molar-refractivity contribution < 1.29 is 22.0 Å². The van der Waals surface area contributed by atoms with Crippen LogP contribution in [-0.2, 0) is 6.54 Å². The molecule has 0 atom stereocenters. The van der Waals surface area contributed by atoms with Gasteiger partial charge in [0.25, 0.3) is 11.8 Å². The molecule has 0 fully saturated rings. The maximum absolute atomic E-state index is 14.6. The second-order valence-corrected chi connectivity index (χ2v) is 7.46. The normalized spacial score (nSPS) is 13.3. The predicted octanol–water partition coefficient (Wildman–Crippen LogP) is 4.24. The van der Waals surface area contributed by atoms with Crippen LogP contribution < -0.4 is 10.6 Å². The highest BCUT2D eigenvalue weighted by Crippen LogP contribution is 2.28. The van der Waals surface area contributed by atoms with E-state index in [9.17, 15) is 17.6 Å². The van der Waals surface area contributed by atoms with Gasteiger partial charge in [-0.2, -0.15) is 8.78 Å². The van der Waals surface area contributed by atoms with Crippen LogP contribution in [0.1, 0.15) is 17.9 Å². The molecule has 174 valence electrons. The van der Waals surface area contributed by atoms with Crippen LogP contribution in [0.3, 0.4) is 0 Å². The molecule has 0 amide bonds. The lowest BCUT2D eigenvalue weighted by Gasteiger charge is -2.07. The lowest BCUT2D eigenvalue weighted by Crippen LogP contribution is -2.26. The van der Waals surface area contributed by atoms with E-state index in [1.807, 2.05) is 24.3 Å². The maximum Gasteiger partial charge on any atom is 0.314 e. The fraction of sp³-hybridized carbons (Fsp3) is 0.182. The lowest BCUT2D eigenvalue weighted by atomic mass is 10.1. The number of anilines is 1. The molecule has 5 rings (SSSR count). The van der Waals surface area contributed by atoms with Crippen molar-refractivity contribution in [3.05, 3.63) is 72.0 Å². The highest BCUT2D eigenvalue weighted by Gasteiger charge is 2.21. The van der Waals surface area contributed by atoms with E-state index in [-0.39, 0.29) is 17.7 Å². The minimum atomic E-state index is -3.00. The summed E-state index contributed by atoms with van der Waals surface area (Å²) in [5, 5.41) is 12.8. The third-order valence-corrected chi connectivity index (χ3v) is 5.10. The van der Waals surface area contributed by atoms with Crippen LogP contribution >= 0.6 is 0 Å². The first-order valence-electron chi connectivity index (χ1n) is 10.2. The zero-order valence-electron chi connectivity index (χ0n) is 17.5. The van der Waals surface area contributed by atoms with E-state index in [0.717, 1.165) is 42.4 Å². The van der Waals surface area contributed by atoms with Crippen molar-refractivity contribution in [2.24, 2.45) is 4.99 Å². The Morgan fingerprint density at radius 3 is 2.62 bits per heavy atom. The average Bonchev–Trinajstić information content (AvgIpc) is 3.59. The second kappa shape index (κ2) is 8.96. The molecule has 1 aliphatic heterocycles. The van der Waals surface area contributed by atoms with Crippen molar-refractivity contribution in [2.45, 2.75) is 13.0 Å². The van der Waals surface area contributed by atoms with Crippen LogP contribution in [0.5, 0.6) is 0 Å². The van der Waals surface area contributed by atoms with Gasteiger partial charge >= 0.3 is 6.43 Å². The molecular formula is C22H17F4N7O. The smallest absolute Gasteiger partial charge is 0.314 e. The van der Waals surface area contributed by atoms with Gasteiger partial charge in [-0.3, -0.25) is 4.99 Å². The second-order valence-electron chi connectivity index (χ2n) is 7.46. The van der Waals surface area contributed by atoms with Gasteiger partial charge in [0.05, 0.1) is 30.7 Å². The number of rotatable bonds is 6. The Morgan fingerprint density at radius 1 is 1.09 bits per heavy atom. The first kappa shape index (κ1) is 21.6. The fourth-order valence-electron chi connectivity index (χ4n) is 3.44. The number of nitrogens with zero attached hydrogens (tertiary/aromatic N) is 5. The molecule has 0 saturated carbocycles. The Morgan fingerprint density at radius 2 is 1.91 bits per heavy atom. The van der Waals surface area contributed by atoms with E-state index in [1.165, 1.54) is 6.33 Å². The zero-order valence-corrected chi connectivity index (χ0v) is 17.5. The summed E-state index contributed by atoms with van der Waals surface area (Å²) in [4.78, 5) is 8.62. The Hall–Kier alpha value is -4.22. The Kier molecular flexibility index (Phi) is 5.70. The van der Waals surface area contributed by atoms with Crippen LogP contribution in [0, 0.1) is 11.6 Å². The summed E-state index contributed by atoms with van der Waals surface area (Å²) in [7, 11) is 0. The molecule has 0 aliphatic carbocycles. The topological polar surface area (TPSA) is 93.2 Å². The van der Waals surface area contributed by atoms with Crippen molar-refractivity contribution in [3.63, 3.8) is 0 Å². The van der Waals surface area contributed by atoms with Crippen LogP contribution in [-0.4, -0.2) is 38.8 Å². The molecular weight excluding hydrogens is 454 g/mol. The lowest BCUT2D eigenvalue weighted by molar-refractivity contribution is 0.116. The van der Waals surface area contributed by atoms with E-state index < -0.39 is 29.8 Å². The highest BCUT2D eigenvalue weighted by atomic mass is 19.3. The molecule has 0 unspecified atom stereocenters. The Bertz CT molecular complexity index is 1350. The van der Waals surface area contributed by atoms with Gasteiger partial charge in [0.2, 0.25) is 0 Å². The van der Waals surface area contributed by atoms with E-state index >= 15 is 0 Å². The summed E-state index contributed by atoms with van der Waals surface area (Å²) >= 11 is 0. The van der Waals surface area contributed by atoms with Gasteiger partial charge in [0.15, 0.2) is 5.96 Å². The molecule has 8 nitrogen and oxygen atoms in total. The number of nitrogens with one attached hydrogen (secondary N) is 2. The SMILES string of the molecule is Fc1cc(-c2nnc(C(F)F)o2)c(F)cc1Cn1cnc(-c2ccc(NC3=NCCN3)cc2)c1. The number of halogens is 4. The number of imidazole rings is 1. The monoisotopic (exact) mass is 471 g/mol. The minimum absolute atomic E-state index is 0.00723. The summed E-state index contributed by atoms with van der Waals surface area (Å²) in [6.45, 7) is 1.55. The molecule has 12 heteroatoms. The zero-order chi connectivity index (χ0) is 23.7. The Balaban J connectivity index is 1.30. The summed E-state index contributed by atoms with van der Waals surface area (Å²) in [5.74, 6) is -2.37. The van der Waals surface area contributed by atoms with Gasteiger partial charge in [-0.1, -0.05) is 12.1 Å². The first-order valence-corrected chi connectivity index (χ1v) is 10.2. The van der Waals surface area contributed by atoms with E-state index in [1.54, 1.807) is 10.8 Å². The molecule has 2 N–H and O–H groups in total. The average molecular weight is 471 g/mol. The number of guanidine groups is 1.